The average Bonchev–Trinajstić information content (AvgIpc) is 2.75. The van der Waals surface area contributed by atoms with E-state index in [1.165, 1.54) is 24.3 Å². The summed E-state index contributed by atoms with van der Waals surface area (Å²) in [7, 11) is 0. The third kappa shape index (κ3) is 2.75. The molecule has 1 heterocycles. The molecule has 3 nitrogen and oxygen atoms in total. The molecule has 0 spiro atoms. The Morgan fingerprint density at radius 2 is 1.45 bits per heavy atom. The number of rotatable bonds is 2. The minimum Gasteiger partial charge on any atom is -0.217 e. The molecule has 0 aliphatic heterocycles. The van der Waals surface area contributed by atoms with Crippen molar-refractivity contribution in [3.05, 3.63) is 42.2 Å². The van der Waals surface area contributed by atoms with Crippen molar-refractivity contribution in [2.24, 2.45) is 0 Å². The second-order valence-electron chi connectivity index (χ2n) is 3.92. The van der Waals surface area contributed by atoms with E-state index in [1.807, 2.05) is 0 Å². The first-order chi connectivity index (χ1) is 9.21. The Bertz CT molecular complexity index is 558. The standard InChI is InChI=1S/C11H7F6N3/c12-10(13,14)9(11(15,16)17)8-6-18-19-20(8)7-4-2-1-3-5-7/h1-6,9H. The van der Waals surface area contributed by atoms with Crippen molar-refractivity contribution in [2.75, 3.05) is 0 Å². The predicted molar refractivity (Wildman–Crippen MR) is 56.2 cm³/mol. The maximum atomic E-state index is 12.7. The average molecular weight is 295 g/mol. The highest BCUT2D eigenvalue weighted by atomic mass is 19.4. The lowest BCUT2D eigenvalue weighted by Gasteiger charge is -2.23. The summed E-state index contributed by atoms with van der Waals surface area (Å²) in [6, 6.07) is 7.18. The molecule has 2 rings (SSSR count). The number of hydrogen-bond donors (Lipinski definition) is 0. The topological polar surface area (TPSA) is 30.7 Å². The first-order valence-corrected chi connectivity index (χ1v) is 5.30. The lowest BCUT2D eigenvalue weighted by Crippen LogP contribution is -2.35. The lowest BCUT2D eigenvalue weighted by molar-refractivity contribution is -0.254. The molecule has 0 aliphatic carbocycles. The molecule has 0 atom stereocenters. The first-order valence-electron chi connectivity index (χ1n) is 5.30. The van der Waals surface area contributed by atoms with Crippen LogP contribution in [0.5, 0.6) is 0 Å². The third-order valence-corrected chi connectivity index (χ3v) is 2.53. The maximum absolute atomic E-state index is 12.7. The molecule has 0 saturated carbocycles. The van der Waals surface area contributed by atoms with E-state index in [4.69, 9.17) is 0 Å². The number of aromatic nitrogens is 3. The largest absolute Gasteiger partial charge is 0.406 e. The molecule has 1 aromatic heterocycles. The SMILES string of the molecule is FC(F)(F)C(c1cnnn1-c1ccccc1)C(F)(F)F. The van der Waals surface area contributed by atoms with Crippen LogP contribution in [0.4, 0.5) is 26.3 Å². The number of halogens is 6. The van der Waals surface area contributed by atoms with Gasteiger partial charge < -0.3 is 0 Å². The van der Waals surface area contributed by atoms with Crippen molar-refractivity contribution in [3.63, 3.8) is 0 Å². The Labute approximate surface area is 108 Å². The quantitative estimate of drug-likeness (QED) is 0.794. The molecule has 0 radical (unpaired) electrons. The molecule has 2 aromatic rings. The molecular weight excluding hydrogens is 288 g/mol. The summed E-state index contributed by atoms with van der Waals surface area (Å²) in [5.41, 5.74) is -1.00. The molecular formula is C11H7F6N3. The van der Waals surface area contributed by atoms with Gasteiger partial charge in [-0.1, -0.05) is 23.4 Å². The molecule has 9 heteroatoms. The number of benzene rings is 1. The van der Waals surface area contributed by atoms with Crippen molar-refractivity contribution in [3.8, 4) is 5.69 Å². The molecule has 0 aliphatic rings. The highest BCUT2D eigenvalue weighted by Crippen LogP contribution is 2.46. The van der Waals surface area contributed by atoms with Gasteiger partial charge in [0.25, 0.3) is 0 Å². The Balaban J connectivity index is 2.55. The molecule has 0 fully saturated rings. The van der Waals surface area contributed by atoms with E-state index in [0.29, 0.717) is 10.9 Å². The van der Waals surface area contributed by atoms with Crippen molar-refractivity contribution < 1.29 is 26.3 Å². The molecule has 1 aromatic carbocycles. The highest BCUT2D eigenvalue weighted by molar-refractivity contribution is 5.33. The maximum Gasteiger partial charge on any atom is 0.406 e. The van der Waals surface area contributed by atoms with E-state index in [9.17, 15) is 26.3 Å². The van der Waals surface area contributed by atoms with E-state index in [1.54, 1.807) is 6.07 Å². The van der Waals surface area contributed by atoms with Crippen LogP contribution >= 0.6 is 0 Å². The second-order valence-corrected chi connectivity index (χ2v) is 3.92. The fraction of sp³-hybridized carbons (Fsp3) is 0.273. The summed E-state index contributed by atoms with van der Waals surface area (Å²) in [4.78, 5) is 0. The van der Waals surface area contributed by atoms with Crippen LogP contribution in [0.15, 0.2) is 36.5 Å². The summed E-state index contributed by atoms with van der Waals surface area (Å²) in [5.74, 6) is -3.63. The first kappa shape index (κ1) is 14.4. The van der Waals surface area contributed by atoms with Gasteiger partial charge in [0, 0.05) is 0 Å². The second kappa shape index (κ2) is 4.80. The molecule has 0 amide bonds. The monoisotopic (exact) mass is 295 g/mol. The van der Waals surface area contributed by atoms with Gasteiger partial charge in [0.1, 0.15) is 0 Å². The molecule has 0 N–H and O–H groups in total. The predicted octanol–water partition coefficient (Wildman–Crippen LogP) is 3.48. The normalized spacial score (nSPS) is 12.9. The van der Waals surface area contributed by atoms with E-state index in [-0.39, 0.29) is 5.69 Å². The number of hydrogen-bond acceptors (Lipinski definition) is 2. The van der Waals surface area contributed by atoms with Crippen molar-refractivity contribution in [1.29, 1.82) is 0 Å². The van der Waals surface area contributed by atoms with Crippen LogP contribution in [0.25, 0.3) is 5.69 Å². The summed E-state index contributed by atoms with van der Waals surface area (Å²) in [5, 5.41) is 6.46. The zero-order valence-corrected chi connectivity index (χ0v) is 9.65. The Morgan fingerprint density at radius 1 is 0.900 bits per heavy atom. The van der Waals surface area contributed by atoms with Crippen LogP contribution < -0.4 is 0 Å². The van der Waals surface area contributed by atoms with Crippen molar-refractivity contribution >= 4 is 0 Å². The zero-order chi connectivity index (χ0) is 15.0. The van der Waals surface area contributed by atoms with Gasteiger partial charge in [-0.3, -0.25) is 0 Å². The molecule has 0 saturated heterocycles. The van der Waals surface area contributed by atoms with Crippen LogP contribution in [0.1, 0.15) is 11.6 Å². The van der Waals surface area contributed by atoms with Gasteiger partial charge in [0.05, 0.1) is 17.6 Å². The van der Waals surface area contributed by atoms with Crippen LogP contribution in [0, 0.1) is 0 Å². The van der Waals surface area contributed by atoms with Gasteiger partial charge in [-0.05, 0) is 12.1 Å². The van der Waals surface area contributed by atoms with Crippen LogP contribution in [0.3, 0.4) is 0 Å². The number of para-hydroxylation sites is 1. The van der Waals surface area contributed by atoms with Gasteiger partial charge in [0.2, 0.25) is 0 Å². The molecule has 0 bridgehead atoms. The highest BCUT2D eigenvalue weighted by Gasteiger charge is 2.59. The van der Waals surface area contributed by atoms with Crippen LogP contribution in [-0.4, -0.2) is 27.3 Å². The zero-order valence-electron chi connectivity index (χ0n) is 9.65. The lowest BCUT2D eigenvalue weighted by atomic mass is 10.0. The fourth-order valence-electron chi connectivity index (χ4n) is 1.73. The van der Waals surface area contributed by atoms with Crippen LogP contribution in [0.2, 0.25) is 0 Å². The fourth-order valence-corrected chi connectivity index (χ4v) is 1.73. The third-order valence-electron chi connectivity index (χ3n) is 2.53. The molecule has 20 heavy (non-hydrogen) atoms. The van der Waals surface area contributed by atoms with Gasteiger partial charge in [-0.15, -0.1) is 5.10 Å². The van der Waals surface area contributed by atoms with E-state index >= 15 is 0 Å². The summed E-state index contributed by atoms with van der Waals surface area (Å²) < 4.78 is 76.7. The van der Waals surface area contributed by atoms with E-state index < -0.39 is 24.0 Å². The Kier molecular flexibility index (Phi) is 3.45. The minimum atomic E-state index is -5.48. The summed E-state index contributed by atoms with van der Waals surface area (Å²) in [6.07, 6.45) is -10.5. The van der Waals surface area contributed by atoms with E-state index in [0.717, 1.165) is 0 Å². The van der Waals surface area contributed by atoms with Gasteiger partial charge in [-0.25, -0.2) is 4.68 Å². The van der Waals surface area contributed by atoms with Gasteiger partial charge >= 0.3 is 12.4 Å². The Hall–Kier alpha value is -2.06. The van der Waals surface area contributed by atoms with E-state index in [2.05, 4.69) is 10.3 Å². The van der Waals surface area contributed by atoms with Crippen molar-refractivity contribution in [1.82, 2.24) is 15.0 Å². The van der Waals surface area contributed by atoms with Crippen molar-refractivity contribution in [2.45, 2.75) is 18.3 Å². The minimum absolute atomic E-state index is 0.0681. The summed E-state index contributed by atoms with van der Waals surface area (Å²) >= 11 is 0. The Morgan fingerprint density at radius 3 is 1.95 bits per heavy atom. The number of nitrogens with zero attached hydrogens (tertiary/aromatic N) is 3. The van der Waals surface area contributed by atoms with Gasteiger partial charge in [-0.2, -0.15) is 26.3 Å². The molecule has 0 unspecified atom stereocenters. The van der Waals surface area contributed by atoms with Gasteiger partial charge in [0.15, 0.2) is 5.92 Å². The number of alkyl halides is 6. The van der Waals surface area contributed by atoms with Crippen LogP contribution in [-0.2, 0) is 0 Å². The summed E-state index contributed by atoms with van der Waals surface area (Å²) in [6.45, 7) is 0. The smallest absolute Gasteiger partial charge is 0.217 e. The molecule has 108 valence electrons.